The number of nitrogens with zero attached hydrogens (tertiary/aromatic N) is 4. The first-order valence-electron chi connectivity index (χ1n) is 9.05. The van der Waals surface area contributed by atoms with Gasteiger partial charge in [0, 0.05) is 5.69 Å². The topological polar surface area (TPSA) is 106 Å². The normalized spacial score (nSPS) is 11.1. The standard InChI is InChI=1S/C21H17N5O3S/c1-14-18(11-12-28-14)20-25-26-21(29-20)30-13-19(27)22-15-7-9-17(10-8-15)24-23-16-5-3-2-4-6-16/h2-12H,13H2,1H3,(H,22,27). The van der Waals surface area contributed by atoms with Gasteiger partial charge < -0.3 is 14.2 Å². The highest BCUT2D eigenvalue weighted by Crippen LogP contribution is 2.26. The average molecular weight is 419 g/mol. The van der Waals surface area contributed by atoms with Crippen LogP contribution in [0, 0.1) is 6.92 Å². The average Bonchev–Trinajstić information content (AvgIpc) is 3.41. The second-order valence-electron chi connectivity index (χ2n) is 6.18. The van der Waals surface area contributed by atoms with Gasteiger partial charge in [-0.15, -0.1) is 10.2 Å². The van der Waals surface area contributed by atoms with Crippen LogP contribution >= 0.6 is 11.8 Å². The number of aryl methyl sites for hydroxylation is 1. The van der Waals surface area contributed by atoms with Crippen LogP contribution in [-0.2, 0) is 4.79 Å². The third-order valence-corrected chi connectivity index (χ3v) is 4.83. The van der Waals surface area contributed by atoms with Gasteiger partial charge in [-0.3, -0.25) is 4.79 Å². The number of rotatable bonds is 7. The Bertz CT molecular complexity index is 1150. The van der Waals surface area contributed by atoms with Crippen molar-refractivity contribution in [2.45, 2.75) is 12.1 Å². The lowest BCUT2D eigenvalue weighted by molar-refractivity contribution is -0.113. The summed E-state index contributed by atoms with van der Waals surface area (Å²) >= 11 is 1.16. The van der Waals surface area contributed by atoms with Crippen molar-refractivity contribution in [3.63, 3.8) is 0 Å². The van der Waals surface area contributed by atoms with Crippen LogP contribution in [0.5, 0.6) is 0 Å². The molecule has 0 radical (unpaired) electrons. The Morgan fingerprint density at radius 2 is 1.73 bits per heavy atom. The van der Waals surface area contributed by atoms with Gasteiger partial charge in [-0.05, 0) is 49.4 Å². The molecule has 4 aromatic rings. The van der Waals surface area contributed by atoms with Crippen molar-refractivity contribution in [3.8, 4) is 11.5 Å². The zero-order chi connectivity index (χ0) is 20.8. The van der Waals surface area contributed by atoms with Crippen LogP contribution in [-0.4, -0.2) is 21.9 Å². The minimum absolute atomic E-state index is 0.140. The maximum Gasteiger partial charge on any atom is 0.277 e. The number of azo groups is 1. The van der Waals surface area contributed by atoms with Gasteiger partial charge in [-0.1, -0.05) is 30.0 Å². The molecule has 0 aliphatic heterocycles. The summed E-state index contributed by atoms with van der Waals surface area (Å²) in [5.41, 5.74) is 2.88. The molecule has 0 bridgehead atoms. The monoisotopic (exact) mass is 419 g/mol. The van der Waals surface area contributed by atoms with E-state index in [1.54, 1.807) is 36.6 Å². The highest BCUT2D eigenvalue weighted by atomic mass is 32.2. The third kappa shape index (κ3) is 5.00. The first-order valence-corrected chi connectivity index (χ1v) is 10.0. The summed E-state index contributed by atoms with van der Waals surface area (Å²) in [6.07, 6.45) is 1.56. The van der Waals surface area contributed by atoms with Gasteiger partial charge in [-0.25, -0.2) is 0 Å². The number of thioether (sulfide) groups is 1. The largest absolute Gasteiger partial charge is 0.469 e. The van der Waals surface area contributed by atoms with Crippen LogP contribution in [0.15, 0.2) is 91.2 Å². The van der Waals surface area contributed by atoms with E-state index in [9.17, 15) is 4.79 Å². The maximum atomic E-state index is 12.2. The van der Waals surface area contributed by atoms with Gasteiger partial charge in [0.05, 0.1) is 29.0 Å². The van der Waals surface area contributed by atoms with Gasteiger partial charge >= 0.3 is 0 Å². The Kier molecular flexibility index (Phi) is 6.00. The fourth-order valence-corrected chi connectivity index (χ4v) is 3.09. The van der Waals surface area contributed by atoms with E-state index < -0.39 is 0 Å². The summed E-state index contributed by atoms with van der Waals surface area (Å²) < 4.78 is 10.8. The number of hydrogen-bond donors (Lipinski definition) is 1. The fraction of sp³-hybridized carbons (Fsp3) is 0.0952. The summed E-state index contributed by atoms with van der Waals surface area (Å²) in [5, 5.41) is 19.4. The number of hydrogen-bond acceptors (Lipinski definition) is 8. The lowest BCUT2D eigenvalue weighted by Crippen LogP contribution is -2.13. The summed E-state index contributed by atoms with van der Waals surface area (Å²) in [4.78, 5) is 12.2. The van der Waals surface area contributed by atoms with Crippen LogP contribution in [0.1, 0.15) is 5.76 Å². The van der Waals surface area contributed by atoms with E-state index >= 15 is 0 Å². The van der Waals surface area contributed by atoms with Gasteiger partial charge in [0.25, 0.3) is 11.1 Å². The molecule has 0 fully saturated rings. The Balaban J connectivity index is 1.28. The van der Waals surface area contributed by atoms with Crippen molar-refractivity contribution in [1.82, 2.24) is 10.2 Å². The zero-order valence-electron chi connectivity index (χ0n) is 16.0. The molecule has 2 aromatic heterocycles. The number of anilines is 1. The van der Waals surface area contributed by atoms with Crippen LogP contribution < -0.4 is 5.32 Å². The smallest absolute Gasteiger partial charge is 0.277 e. The molecule has 0 saturated heterocycles. The van der Waals surface area contributed by atoms with E-state index in [0.29, 0.717) is 28.2 Å². The Morgan fingerprint density at radius 1 is 1.00 bits per heavy atom. The first kappa shape index (κ1) is 19.6. The molecule has 8 nitrogen and oxygen atoms in total. The molecular formula is C21H17N5O3S. The number of carbonyl (C=O) groups excluding carboxylic acids is 1. The van der Waals surface area contributed by atoms with E-state index in [1.165, 1.54) is 0 Å². The molecule has 0 saturated carbocycles. The van der Waals surface area contributed by atoms with Crippen LogP contribution in [0.2, 0.25) is 0 Å². The molecule has 2 heterocycles. The zero-order valence-corrected chi connectivity index (χ0v) is 16.8. The van der Waals surface area contributed by atoms with E-state index in [2.05, 4.69) is 25.7 Å². The quantitative estimate of drug-likeness (QED) is 0.300. The van der Waals surface area contributed by atoms with Gasteiger partial charge in [0.1, 0.15) is 5.76 Å². The molecule has 30 heavy (non-hydrogen) atoms. The predicted molar refractivity (Wildman–Crippen MR) is 113 cm³/mol. The number of aromatic nitrogens is 2. The number of nitrogens with one attached hydrogen (secondary N) is 1. The van der Waals surface area contributed by atoms with E-state index in [4.69, 9.17) is 8.83 Å². The minimum Gasteiger partial charge on any atom is -0.469 e. The SMILES string of the molecule is Cc1occc1-c1nnc(SCC(=O)Nc2ccc(N=Nc3ccccc3)cc2)o1. The van der Waals surface area contributed by atoms with Gasteiger partial charge in [0.15, 0.2) is 0 Å². The van der Waals surface area contributed by atoms with E-state index in [0.717, 1.165) is 23.0 Å². The number of furan rings is 1. The predicted octanol–water partition coefficient (Wildman–Crippen LogP) is 5.78. The molecule has 1 N–H and O–H groups in total. The highest BCUT2D eigenvalue weighted by Gasteiger charge is 2.14. The van der Waals surface area contributed by atoms with Crippen LogP contribution in [0.3, 0.4) is 0 Å². The number of carbonyl (C=O) groups is 1. The highest BCUT2D eigenvalue weighted by molar-refractivity contribution is 7.99. The molecule has 0 unspecified atom stereocenters. The summed E-state index contributed by atoms with van der Waals surface area (Å²) in [6, 6.07) is 18.3. The number of benzene rings is 2. The molecule has 0 atom stereocenters. The summed E-state index contributed by atoms with van der Waals surface area (Å²) in [7, 11) is 0. The first-order chi connectivity index (χ1) is 14.7. The molecule has 4 rings (SSSR count). The second-order valence-corrected chi connectivity index (χ2v) is 7.11. The second kappa shape index (κ2) is 9.19. The van der Waals surface area contributed by atoms with Crippen molar-refractivity contribution in [1.29, 1.82) is 0 Å². The van der Waals surface area contributed by atoms with Crippen LogP contribution in [0.25, 0.3) is 11.5 Å². The minimum atomic E-state index is -0.182. The van der Waals surface area contributed by atoms with E-state index in [-0.39, 0.29) is 11.7 Å². The van der Waals surface area contributed by atoms with Gasteiger partial charge in [0.2, 0.25) is 5.91 Å². The molecule has 1 amide bonds. The lowest BCUT2D eigenvalue weighted by Gasteiger charge is -2.04. The van der Waals surface area contributed by atoms with Gasteiger partial charge in [-0.2, -0.15) is 10.2 Å². The van der Waals surface area contributed by atoms with Crippen molar-refractivity contribution >= 4 is 34.7 Å². The molecular weight excluding hydrogens is 402 g/mol. The molecule has 0 aliphatic rings. The third-order valence-electron chi connectivity index (χ3n) is 4.01. The van der Waals surface area contributed by atoms with Crippen molar-refractivity contribution in [3.05, 3.63) is 72.7 Å². The molecule has 0 spiro atoms. The Morgan fingerprint density at radius 3 is 2.43 bits per heavy atom. The number of amides is 1. The summed E-state index contributed by atoms with van der Waals surface area (Å²) in [5.74, 6) is 1.02. The Labute approximate surface area is 176 Å². The molecule has 0 aliphatic carbocycles. The fourth-order valence-electron chi connectivity index (χ4n) is 2.53. The van der Waals surface area contributed by atoms with Crippen LogP contribution in [0.4, 0.5) is 17.1 Å². The Hall–Kier alpha value is -3.72. The molecule has 2 aromatic carbocycles. The van der Waals surface area contributed by atoms with Crippen molar-refractivity contribution in [2.24, 2.45) is 10.2 Å². The summed E-state index contributed by atoms with van der Waals surface area (Å²) in [6.45, 7) is 1.81. The van der Waals surface area contributed by atoms with Crippen molar-refractivity contribution in [2.75, 3.05) is 11.1 Å². The lowest BCUT2D eigenvalue weighted by atomic mass is 10.3. The van der Waals surface area contributed by atoms with E-state index in [1.807, 2.05) is 37.3 Å². The molecule has 9 heteroatoms. The maximum absolute atomic E-state index is 12.2. The molecule has 150 valence electrons. The van der Waals surface area contributed by atoms with Crippen molar-refractivity contribution < 1.29 is 13.6 Å².